The van der Waals surface area contributed by atoms with Gasteiger partial charge in [-0.2, -0.15) is 0 Å². The first-order valence-electron chi connectivity index (χ1n) is 10.3. The van der Waals surface area contributed by atoms with Crippen molar-refractivity contribution >= 4 is 22.5 Å². The Labute approximate surface area is 172 Å². The predicted molar refractivity (Wildman–Crippen MR) is 107 cm³/mol. The van der Waals surface area contributed by atoms with Crippen LogP contribution in [0.5, 0.6) is 0 Å². The van der Waals surface area contributed by atoms with Crippen LogP contribution in [0.4, 0.5) is 29.2 Å². The molecule has 4 aliphatic rings. The summed E-state index contributed by atoms with van der Waals surface area (Å²) in [6, 6.07) is 2.62. The highest BCUT2D eigenvalue weighted by Gasteiger charge is 2.72. The fourth-order valence-electron chi connectivity index (χ4n) is 5.06. The van der Waals surface area contributed by atoms with Gasteiger partial charge in [0.1, 0.15) is 0 Å². The van der Waals surface area contributed by atoms with Crippen molar-refractivity contribution in [3.05, 3.63) is 23.9 Å². The van der Waals surface area contributed by atoms with Crippen LogP contribution >= 0.6 is 0 Å². The van der Waals surface area contributed by atoms with Crippen LogP contribution in [-0.4, -0.2) is 54.0 Å². The molecule has 2 aromatic rings. The Kier molecular flexibility index (Phi) is 4.40. The Bertz CT molecular complexity index is 973. The molecule has 0 bridgehead atoms. The number of hydrogen-bond acceptors (Lipinski definition) is 5. The first-order valence-corrected chi connectivity index (χ1v) is 10.3. The van der Waals surface area contributed by atoms with E-state index in [2.05, 4.69) is 21.9 Å². The number of piperidine rings is 1. The van der Waals surface area contributed by atoms with Crippen LogP contribution in [-0.2, 0) is 0 Å². The number of hydrogen-bond donors (Lipinski definition) is 1. The lowest BCUT2D eigenvalue weighted by atomic mass is 10.1. The van der Waals surface area contributed by atoms with Gasteiger partial charge in [0, 0.05) is 49.7 Å². The van der Waals surface area contributed by atoms with Crippen LogP contribution in [0.1, 0.15) is 31.3 Å². The molecule has 30 heavy (non-hydrogen) atoms. The maximum atomic E-state index is 13.6. The number of fused-ring (bicyclic) bond motifs is 2. The maximum Gasteiger partial charge on any atom is 0.263 e. The highest BCUT2D eigenvalue weighted by molar-refractivity contribution is 5.92. The number of rotatable bonds is 2. The fraction of sp³-hybridized carbons (Fsp3) is 0.619. The van der Waals surface area contributed by atoms with Crippen molar-refractivity contribution in [1.29, 1.82) is 0 Å². The summed E-state index contributed by atoms with van der Waals surface area (Å²) in [6.07, 6.45) is 0.463. The molecule has 2 saturated carbocycles. The summed E-state index contributed by atoms with van der Waals surface area (Å²) in [5.41, 5.74) is 5.24. The van der Waals surface area contributed by atoms with Gasteiger partial charge in [-0.1, -0.05) is 0 Å². The monoisotopic (exact) mass is 423 g/mol. The highest BCUT2D eigenvalue weighted by atomic mass is 19.3. The van der Waals surface area contributed by atoms with Crippen molar-refractivity contribution in [3.8, 4) is 0 Å². The molecule has 3 unspecified atom stereocenters. The molecule has 3 atom stereocenters. The van der Waals surface area contributed by atoms with E-state index in [4.69, 9.17) is 5.73 Å². The predicted octanol–water partition coefficient (Wildman–Crippen LogP) is 3.95. The molecule has 4 fully saturated rings. The van der Waals surface area contributed by atoms with Crippen molar-refractivity contribution in [1.82, 2.24) is 14.9 Å². The second-order valence-corrected chi connectivity index (χ2v) is 9.32. The summed E-state index contributed by atoms with van der Waals surface area (Å²) >= 11 is 0. The number of benzene rings is 1. The summed E-state index contributed by atoms with van der Waals surface area (Å²) in [7, 11) is 2.21. The molecular weight excluding hydrogens is 398 g/mol. The van der Waals surface area contributed by atoms with Crippen molar-refractivity contribution < 1.29 is 17.6 Å². The van der Waals surface area contributed by atoms with Gasteiger partial charge < -0.3 is 15.5 Å². The average molecular weight is 423 g/mol. The molecular formula is C21H25F4N5. The number of aromatic nitrogens is 2. The lowest BCUT2D eigenvalue weighted by Gasteiger charge is -2.21. The van der Waals surface area contributed by atoms with E-state index in [1.54, 1.807) is 4.90 Å². The summed E-state index contributed by atoms with van der Waals surface area (Å²) in [5.74, 6) is -0.407. The molecule has 2 aliphatic heterocycles. The molecule has 1 spiro atoms. The van der Waals surface area contributed by atoms with Gasteiger partial charge in [-0.05, 0) is 43.9 Å². The summed E-state index contributed by atoms with van der Waals surface area (Å²) in [4.78, 5) is 12.1. The fourth-order valence-corrected chi connectivity index (χ4v) is 5.06. The van der Waals surface area contributed by atoms with Crippen LogP contribution in [0.25, 0.3) is 10.9 Å². The lowest BCUT2D eigenvalue weighted by molar-refractivity contribution is 0.0711. The van der Waals surface area contributed by atoms with Crippen molar-refractivity contribution in [2.45, 2.75) is 31.6 Å². The molecule has 3 heterocycles. The number of nitrogens with two attached hydrogens (primary N) is 1. The summed E-state index contributed by atoms with van der Waals surface area (Å²) in [5, 5.41) is 0.426. The normalized spacial score (nSPS) is 31.2. The van der Waals surface area contributed by atoms with Gasteiger partial charge in [0.15, 0.2) is 0 Å². The van der Waals surface area contributed by atoms with Gasteiger partial charge in [0.2, 0.25) is 5.95 Å². The van der Waals surface area contributed by atoms with Gasteiger partial charge in [-0.25, -0.2) is 27.5 Å². The lowest BCUT2D eigenvalue weighted by Crippen LogP contribution is -2.23. The molecule has 162 valence electrons. The molecule has 9 heteroatoms. The quantitative estimate of drug-likeness (QED) is 0.742. The molecule has 5 nitrogen and oxygen atoms in total. The number of likely N-dealkylation sites (tertiary alicyclic amines) is 1. The third-order valence-corrected chi connectivity index (χ3v) is 7.02. The smallest absolute Gasteiger partial charge is 0.263 e. The van der Waals surface area contributed by atoms with Gasteiger partial charge in [-0.15, -0.1) is 0 Å². The number of halogens is 4. The molecule has 2 N–H and O–H groups in total. The van der Waals surface area contributed by atoms with Gasteiger partial charge >= 0.3 is 0 Å². The van der Waals surface area contributed by atoms with Crippen LogP contribution in [0.2, 0.25) is 0 Å². The van der Waals surface area contributed by atoms with E-state index < -0.39 is 17.8 Å². The highest BCUT2D eigenvalue weighted by Crippen LogP contribution is 2.65. The van der Waals surface area contributed by atoms with E-state index >= 15 is 0 Å². The average Bonchev–Trinajstić information content (AvgIpc) is 3.35. The molecule has 0 amide bonds. The van der Waals surface area contributed by atoms with Gasteiger partial charge in [-0.3, -0.25) is 0 Å². The number of nitrogen functional groups attached to an aromatic ring is 1. The van der Waals surface area contributed by atoms with Crippen LogP contribution in [0.3, 0.4) is 0 Å². The van der Waals surface area contributed by atoms with Crippen molar-refractivity contribution in [2.75, 3.05) is 43.9 Å². The second kappa shape index (κ2) is 6.67. The first kappa shape index (κ1) is 19.8. The molecule has 6 rings (SSSR count). The largest absolute Gasteiger partial charge is 0.369 e. The molecule has 2 saturated heterocycles. The zero-order chi connectivity index (χ0) is 21.3. The van der Waals surface area contributed by atoms with Crippen LogP contribution in [0.15, 0.2) is 18.3 Å². The molecule has 1 aromatic heterocycles. The Morgan fingerprint density at radius 3 is 2.43 bits per heavy atom. The van der Waals surface area contributed by atoms with E-state index in [0.29, 0.717) is 29.6 Å². The van der Waals surface area contributed by atoms with E-state index in [1.165, 1.54) is 37.8 Å². The number of alkyl halides is 4. The third-order valence-electron chi connectivity index (χ3n) is 7.02. The summed E-state index contributed by atoms with van der Waals surface area (Å²) < 4.78 is 53.4. The van der Waals surface area contributed by atoms with E-state index in [-0.39, 0.29) is 24.5 Å². The minimum absolute atomic E-state index is 0.0224. The third kappa shape index (κ3) is 3.36. The maximum absolute atomic E-state index is 13.6. The van der Waals surface area contributed by atoms with Gasteiger partial charge in [0.25, 0.3) is 12.3 Å². The van der Waals surface area contributed by atoms with Crippen molar-refractivity contribution in [3.63, 3.8) is 0 Å². The Balaban J connectivity index is 0.000000230. The molecule has 2 aliphatic carbocycles. The van der Waals surface area contributed by atoms with Crippen LogP contribution in [0, 0.1) is 17.3 Å². The Hall–Kier alpha value is -2.16. The number of anilines is 2. The zero-order valence-electron chi connectivity index (χ0n) is 16.8. The Morgan fingerprint density at radius 1 is 1.20 bits per heavy atom. The van der Waals surface area contributed by atoms with Crippen molar-refractivity contribution in [2.24, 2.45) is 17.3 Å². The van der Waals surface area contributed by atoms with Gasteiger partial charge in [0.05, 0.1) is 16.6 Å². The SMILES string of the molecule is CN1CC2CC2C1.Nc1ncc2cc(C(F)F)cc(N3CCC4(C3)CC4(F)F)c2n1. The molecule has 1 aromatic carbocycles. The Morgan fingerprint density at radius 2 is 1.90 bits per heavy atom. The topological polar surface area (TPSA) is 58.3 Å². The molecule has 0 radical (unpaired) electrons. The number of nitrogens with zero attached hydrogens (tertiary/aromatic N) is 4. The standard InChI is InChI=1S/C15H14F4N4.C6H11N/c16-12(17)8-3-9-5-21-13(20)22-11(9)10(4-8)23-2-1-14(7-23)6-15(14,18)19;1-7-3-5-2-6(5)4-7/h3-5,12H,1-2,6-7H2,(H2,20,21,22);5-6H,2-4H2,1H3. The second-order valence-electron chi connectivity index (χ2n) is 9.32. The van der Waals surface area contributed by atoms with E-state index in [0.717, 1.165) is 11.8 Å². The minimum Gasteiger partial charge on any atom is -0.369 e. The van der Waals surface area contributed by atoms with E-state index in [9.17, 15) is 17.6 Å². The van der Waals surface area contributed by atoms with E-state index in [1.807, 2.05) is 0 Å². The minimum atomic E-state index is -2.66. The first-order chi connectivity index (χ1) is 14.2. The summed E-state index contributed by atoms with van der Waals surface area (Å²) in [6.45, 7) is 3.29. The van der Waals surface area contributed by atoms with Crippen LogP contribution < -0.4 is 10.6 Å². The zero-order valence-corrected chi connectivity index (χ0v) is 16.8.